The average Bonchev–Trinajstić information content (AvgIpc) is 2.56. The van der Waals surface area contributed by atoms with Crippen molar-refractivity contribution in [2.75, 3.05) is 47.9 Å². The first kappa shape index (κ1) is 17.8. The largest absolute Gasteiger partial charge is 0.493 e. The number of ether oxygens (including phenoxy) is 2. The highest BCUT2D eigenvalue weighted by Gasteiger charge is 2.20. The number of thiocarbonyl (C=S) groups is 1. The van der Waals surface area contributed by atoms with Crippen LogP contribution in [-0.4, -0.2) is 62.9 Å². The average molecular weight is 337 g/mol. The zero-order valence-electron chi connectivity index (χ0n) is 14.5. The second kappa shape index (κ2) is 8.36. The van der Waals surface area contributed by atoms with E-state index in [2.05, 4.69) is 41.3 Å². The van der Waals surface area contributed by atoms with Crippen LogP contribution < -0.4 is 14.8 Å². The van der Waals surface area contributed by atoms with E-state index in [0.29, 0.717) is 0 Å². The summed E-state index contributed by atoms with van der Waals surface area (Å²) < 4.78 is 10.8. The normalized spacial score (nSPS) is 13.7. The molecule has 0 fully saturated rings. The molecule has 0 spiro atoms. The molecule has 1 aliphatic rings. The van der Waals surface area contributed by atoms with Crippen molar-refractivity contribution in [2.24, 2.45) is 0 Å². The standard InChI is InChI=1S/C17H27N3O2S/c1-19(2)8-5-7-18-17(23)20-9-6-13-10-15(21-3)16(22-4)11-14(13)12-20/h10-11H,5-9,12H2,1-4H3,(H,18,23). The van der Waals surface area contributed by atoms with E-state index >= 15 is 0 Å². The lowest BCUT2D eigenvalue weighted by Crippen LogP contribution is -2.43. The molecule has 23 heavy (non-hydrogen) atoms. The van der Waals surface area contributed by atoms with Gasteiger partial charge < -0.3 is 24.6 Å². The molecule has 0 atom stereocenters. The van der Waals surface area contributed by atoms with Crippen molar-refractivity contribution in [2.45, 2.75) is 19.4 Å². The van der Waals surface area contributed by atoms with E-state index in [9.17, 15) is 0 Å². The van der Waals surface area contributed by atoms with E-state index in [4.69, 9.17) is 21.7 Å². The van der Waals surface area contributed by atoms with Crippen LogP contribution in [0.4, 0.5) is 0 Å². The zero-order chi connectivity index (χ0) is 16.8. The number of nitrogens with one attached hydrogen (secondary N) is 1. The van der Waals surface area contributed by atoms with Crippen molar-refractivity contribution >= 4 is 17.3 Å². The summed E-state index contributed by atoms with van der Waals surface area (Å²) in [5.74, 6) is 1.57. The molecule has 128 valence electrons. The number of fused-ring (bicyclic) bond motifs is 1. The second-order valence-electron chi connectivity index (χ2n) is 6.04. The lowest BCUT2D eigenvalue weighted by atomic mass is 9.99. The highest BCUT2D eigenvalue weighted by atomic mass is 32.1. The van der Waals surface area contributed by atoms with Crippen molar-refractivity contribution in [3.05, 3.63) is 23.3 Å². The number of hydrogen-bond acceptors (Lipinski definition) is 4. The van der Waals surface area contributed by atoms with E-state index in [1.807, 2.05) is 0 Å². The van der Waals surface area contributed by atoms with Gasteiger partial charge in [-0.05, 0) is 69.0 Å². The minimum atomic E-state index is 0.776. The second-order valence-corrected chi connectivity index (χ2v) is 6.42. The van der Waals surface area contributed by atoms with Crippen molar-refractivity contribution in [3.8, 4) is 11.5 Å². The van der Waals surface area contributed by atoms with Gasteiger partial charge in [0, 0.05) is 19.6 Å². The van der Waals surface area contributed by atoms with Gasteiger partial charge >= 0.3 is 0 Å². The Kier molecular flexibility index (Phi) is 6.47. The Morgan fingerprint density at radius 3 is 2.48 bits per heavy atom. The highest BCUT2D eigenvalue weighted by Crippen LogP contribution is 2.33. The fourth-order valence-corrected chi connectivity index (χ4v) is 3.02. The Balaban J connectivity index is 1.95. The molecule has 2 rings (SSSR count). The van der Waals surface area contributed by atoms with Crippen molar-refractivity contribution in [3.63, 3.8) is 0 Å². The van der Waals surface area contributed by atoms with Crippen molar-refractivity contribution in [1.82, 2.24) is 15.1 Å². The van der Waals surface area contributed by atoms with Crippen LogP contribution in [0.1, 0.15) is 17.5 Å². The van der Waals surface area contributed by atoms with Gasteiger partial charge in [-0.3, -0.25) is 0 Å². The van der Waals surface area contributed by atoms with Gasteiger partial charge in [0.05, 0.1) is 14.2 Å². The maximum atomic E-state index is 5.54. The van der Waals surface area contributed by atoms with Gasteiger partial charge in [-0.25, -0.2) is 0 Å². The van der Waals surface area contributed by atoms with E-state index in [1.54, 1.807) is 14.2 Å². The molecule has 0 saturated carbocycles. The fraction of sp³-hybridized carbons (Fsp3) is 0.588. The lowest BCUT2D eigenvalue weighted by molar-refractivity contribution is 0.347. The molecule has 1 aromatic carbocycles. The molecule has 1 aromatic rings. The topological polar surface area (TPSA) is 37.0 Å². The van der Waals surface area contributed by atoms with Gasteiger partial charge in [-0.15, -0.1) is 0 Å². The summed E-state index contributed by atoms with van der Waals surface area (Å²) in [6, 6.07) is 4.15. The number of nitrogens with zero attached hydrogens (tertiary/aromatic N) is 2. The van der Waals surface area contributed by atoms with E-state index in [1.165, 1.54) is 11.1 Å². The van der Waals surface area contributed by atoms with Gasteiger partial charge in [-0.2, -0.15) is 0 Å². The Morgan fingerprint density at radius 1 is 1.22 bits per heavy atom. The predicted octanol–water partition coefficient (Wildman–Crippen LogP) is 1.89. The van der Waals surface area contributed by atoms with Crippen LogP contribution in [-0.2, 0) is 13.0 Å². The smallest absolute Gasteiger partial charge is 0.169 e. The van der Waals surface area contributed by atoms with Crippen LogP contribution in [0.25, 0.3) is 0 Å². The van der Waals surface area contributed by atoms with Gasteiger partial charge in [-0.1, -0.05) is 0 Å². The fourth-order valence-electron chi connectivity index (χ4n) is 2.76. The minimum Gasteiger partial charge on any atom is -0.493 e. The molecule has 1 N–H and O–H groups in total. The molecule has 0 saturated heterocycles. The summed E-state index contributed by atoms with van der Waals surface area (Å²) in [4.78, 5) is 4.40. The Morgan fingerprint density at radius 2 is 1.87 bits per heavy atom. The number of benzene rings is 1. The Bertz CT molecular complexity index is 549. The van der Waals surface area contributed by atoms with E-state index < -0.39 is 0 Å². The van der Waals surface area contributed by atoms with E-state index in [-0.39, 0.29) is 0 Å². The summed E-state index contributed by atoms with van der Waals surface area (Å²) in [5.41, 5.74) is 2.57. The molecular formula is C17H27N3O2S. The molecule has 6 heteroatoms. The van der Waals surface area contributed by atoms with Crippen molar-refractivity contribution in [1.29, 1.82) is 0 Å². The van der Waals surface area contributed by atoms with Gasteiger partial charge in [0.1, 0.15) is 0 Å². The monoisotopic (exact) mass is 337 g/mol. The maximum Gasteiger partial charge on any atom is 0.169 e. The molecule has 0 bridgehead atoms. The molecule has 0 radical (unpaired) electrons. The first-order chi connectivity index (χ1) is 11.0. The zero-order valence-corrected chi connectivity index (χ0v) is 15.3. The summed E-state index contributed by atoms with van der Waals surface area (Å²) in [6.07, 6.45) is 2.05. The summed E-state index contributed by atoms with van der Waals surface area (Å²) in [7, 11) is 7.51. The van der Waals surface area contributed by atoms with Crippen LogP contribution in [0.2, 0.25) is 0 Å². The molecule has 0 amide bonds. The number of methoxy groups -OCH3 is 2. The molecule has 0 unspecified atom stereocenters. The highest BCUT2D eigenvalue weighted by molar-refractivity contribution is 7.80. The quantitative estimate of drug-likeness (QED) is 0.631. The molecule has 0 aromatic heterocycles. The summed E-state index contributed by atoms with van der Waals surface area (Å²) in [5, 5.41) is 4.20. The Labute approximate surface area is 144 Å². The maximum absolute atomic E-state index is 5.54. The van der Waals surface area contributed by atoms with Gasteiger partial charge in [0.15, 0.2) is 16.6 Å². The molecular weight excluding hydrogens is 310 g/mol. The van der Waals surface area contributed by atoms with Crippen LogP contribution in [0.5, 0.6) is 11.5 Å². The first-order valence-electron chi connectivity index (χ1n) is 7.96. The third-order valence-electron chi connectivity index (χ3n) is 4.06. The van der Waals surface area contributed by atoms with Crippen LogP contribution in [0, 0.1) is 0 Å². The van der Waals surface area contributed by atoms with Gasteiger partial charge in [0.25, 0.3) is 0 Å². The molecule has 0 aliphatic carbocycles. The van der Waals surface area contributed by atoms with Gasteiger partial charge in [0.2, 0.25) is 0 Å². The number of hydrogen-bond donors (Lipinski definition) is 1. The first-order valence-corrected chi connectivity index (χ1v) is 8.37. The van der Waals surface area contributed by atoms with E-state index in [0.717, 1.165) is 55.6 Å². The van der Waals surface area contributed by atoms with Crippen molar-refractivity contribution < 1.29 is 9.47 Å². The summed E-state index contributed by atoms with van der Waals surface area (Å²) >= 11 is 5.54. The molecule has 1 aliphatic heterocycles. The van der Waals surface area contributed by atoms with Crippen LogP contribution in [0.3, 0.4) is 0 Å². The predicted molar refractivity (Wildman–Crippen MR) is 97.4 cm³/mol. The number of rotatable bonds is 6. The lowest BCUT2D eigenvalue weighted by Gasteiger charge is -2.31. The summed E-state index contributed by atoms with van der Waals surface area (Å²) in [6.45, 7) is 3.72. The third kappa shape index (κ3) is 4.72. The molecule has 5 nitrogen and oxygen atoms in total. The third-order valence-corrected chi connectivity index (χ3v) is 4.47. The minimum absolute atomic E-state index is 0.776. The SMILES string of the molecule is COc1cc2c(cc1OC)CN(C(=S)NCCCN(C)C)CC2. The van der Waals surface area contributed by atoms with Crippen LogP contribution in [0.15, 0.2) is 12.1 Å². The Hall–Kier alpha value is -1.53. The van der Waals surface area contributed by atoms with Crippen LogP contribution >= 0.6 is 12.2 Å². The molecule has 1 heterocycles.